The zero-order chi connectivity index (χ0) is 23.5. The number of carbonyl (C=O) groups excluding carboxylic acids is 1. The van der Waals surface area contributed by atoms with Crippen molar-refractivity contribution in [3.8, 4) is 11.1 Å². The van der Waals surface area contributed by atoms with E-state index in [0.717, 1.165) is 22.3 Å². The number of aliphatic carboxylic acids is 1. The topological polar surface area (TPSA) is 133 Å². The third-order valence-electron chi connectivity index (χ3n) is 5.91. The molecule has 33 heavy (non-hydrogen) atoms. The van der Waals surface area contributed by atoms with E-state index in [1.807, 2.05) is 48.5 Å². The number of non-ortho nitro benzene ring substituents is 1. The maximum absolute atomic E-state index is 13.1. The van der Waals surface area contributed by atoms with E-state index in [1.165, 1.54) is 24.3 Å². The summed E-state index contributed by atoms with van der Waals surface area (Å²) in [7, 11) is 0. The molecule has 8 nitrogen and oxygen atoms in total. The van der Waals surface area contributed by atoms with E-state index in [2.05, 4.69) is 0 Å². The number of nitro groups is 1. The minimum Gasteiger partial charge on any atom is -0.481 e. The molecule has 0 unspecified atom stereocenters. The molecule has 0 saturated heterocycles. The molecule has 1 aliphatic rings. The number of hydrogen-bond donors (Lipinski definition) is 2. The zero-order valence-electron chi connectivity index (χ0n) is 17.6. The Morgan fingerprint density at radius 2 is 1.52 bits per heavy atom. The van der Waals surface area contributed by atoms with Crippen LogP contribution in [0.4, 0.5) is 5.69 Å². The minimum atomic E-state index is -1.15. The van der Waals surface area contributed by atoms with Crippen molar-refractivity contribution in [3.63, 3.8) is 0 Å². The third-order valence-corrected chi connectivity index (χ3v) is 5.91. The van der Waals surface area contributed by atoms with Crippen LogP contribution in [0.3, 0.4) is 0 Å². The second-order valence-corrected chi connectivity index (χ2v) is 7.95. The van der Waals surface area contributed by atoms with E-state index >= 15 is 0 Å². The van der Waals surface area contributed by atoms with Gasteiger partial charge in [-0.1, -0.05) is 60.7 Å². The van der Waals surface area contributed by atoms with E-state index in [4.69, 9.17) is 10.5 Å². The van der Waals surface area contributed by atoms with Crippen molar-refractivity contribution >= 4 is 17.6 Å². The largest absolute Gasteiger partial charge is 0.481 e. The molecule has 0 aromatic heterocycles. The molecule has 0 bridgehead atoms. The molecule has 0 radical (unpaired) electrons. The number of rotatable bonds is 8. The molecular weight excluding hydrogens is 424 g/mol. The van der Waals surface area contributed by atoms with Gasteiger partial charge in [0.05, 0.1) is 17.3 Å². The Morgan fingerprint density at radius 1 is 0.970 bits per heavy atom. The number of benzene rings is 3. The molecule has 168 valence electrons. The average Bonchev–Trinajstić information content (AvgIpc) is 3.11. The number of carboxylic acids is 1. The van der Waals surface area contributed by atoms with Crippen LogP contribution in [0.15, 0.2) is 72.8 Å². The van der Waals surface area contributed by atoms with Crippen molar-refractivity contribution in [3.05, 3.63) is 99.6 Å². The summed E-state index contributed by atoms with van der Waals surface area (Å²) < 4.78 is 5.69. The fraction of sp³-hybridized carbons (Fsp3) is 0.200. The predicted octanol–water partition coefficient (Wildman–Crippen LogP) is 3.84. The summed E-state index contributed by atoms with van der Waals surface area (Å²) >= 11 is 0. The smallest absolute Gasteiger partial charge is 0.315 e. The summed E-state index contributed by atoms with van der Waals surface area (Å²) in [6, 6.07) is 20.1. The van der Waals surface area contributed by atoms with Crippen LogP contribution < -0.4 is 5.73 Å². The Hall–Kier alpha value is -4.04. The van der Waals surface area contributed by atoms with Crippen molar-refractivity contribution in [1.82, 2.24) is 0 Å². The van der Waals surface area contributed by atoms with Crippen LogP contribution in [-0.2, 0) is 14.3 Å². The van der Waals surface area contributed by atoms with Gasteiger partial charge in [-0.25, -0.2) is 0 Å². The van der Waals surface area contributed by atoms with Gasteiger partial charge in [-0.2, -0.15) is 0 Å². The molecular formula is C25H22N2O6. The summed E-state index contributed by atoms with van der Waals surface area (Å²) in [6.45, 7) is 0.0656. The standard InChI is InChI=1S/C25H22N2O6/c26-22(13-23(28)29)24(15-9-11-16(12-10-15)27(31)32)25(30)33-14-21-19-7-3-1-5-17(19)18-6-2-4-8-20(18)21/h1-12,21-22,24H,13-14,26H2,(H,28,29)/t22-,24+/m0/s1. The number of hydrogen-bond acceptors (Lipinski definition) is 6. The van der Waals surface area contributed by atoms with Gasteiger partial charge in [-0.15, -0.1) is 0 Å². The molecule has 0 heterocycles. The van der Waals surface area contributed by atoms with Gasteiger partial charge in [0.25, 0.3) is 5.69 Å². The lowest BCUT2D eigenvalue weighted by Crippen LogP contribution is -2.37. The first-order chi connectivity index (χ1) is 15.9. The number of esters is 1. The number of fused-ring (bicyclic) bond motifs is 3. The van der Waals surface area contributed by atoms with E-state index in [-0.39, 0.29) is 18.2 Å². The van der Waals surface area contributed by atoms with E-state index in [9.17, 15) is 24.8 Å². The highest BCUT2D eigenvalue weighted by atomic mass is 16.6. The summed E-state index contributed by atoms with van der Waals surface area (Å²) in [4.78, 5) is 34.8. The summed E-state index contributed by atoms with van der Waals surface area (Å²) in [5.41, 5.74) is 10.6. The molecule has 4 rings (SSSR count). The van der Waals surface area contributed by atoms with Gasteiger partial charge >= 0.3 is 11.9 Å². The molecule has 2 atom stereocenters. The number of carbonyl (C=O) groups is 2. The van der Waals surface area contributed by atoms with E-state index in [1.54, 1.807) is 0 Å². The van der Waals surface area contributed by atoms with Crippen LogP contribution in [0.25, 0.3) is 11.1 Å². The van der Waals surface area contributed by atoms with Gasteiger partial charge in [-0.05, 0) is 27.8 Å². The van der Waals surface area contributed by atoms with Crippen molar-refractivity contribution in [2.45, 2.75) is 24.3 Å². The van der Waals surface area contributed by atoms with Crippen LogP contribution >= 0.6 is 0 Å². The molecule has 3 aromatic carbocycles. The maximum Gasteiger partial charge on any atom is 0.315 e. The molecule has 0 saturated carbocycles. The van der Waals surface area contributed by atoms with Gasteiger partial charge < -0.3 is 15.6 Å². The van der Waals surface area contributed by atoms with Crippen LogP contribution in [0.5, 0.6) is 0 Å². The average molecular weight is 446 g/mol. The third kappa shape index (κ3) is 4.47. The molecule has 8 heteroatoms. The Labute approximate surface area is 189 Å². The molecule has 0 spiro atoms. The number of carboxylic acid groups (broad SMARTS) is 1. The molecule has 0 aliphatic heterocycles. The van der Waals surface area contributed by atoms with E-state index in [0.29, 0.717) is 5.56 Å². The van der Waals surface area contributed by atoms with Gasteiger partial charge in [0.15, 0.2) is 0 Å². The van der Waals surface area contributed by atoms with Crippen molar-refractivity contribution in [2.75, 3.05) is 6.61 Å². The summed E-state index contributed by atoms with van der Waals surface area (Å²) in [6.07, 6.45) is -0.453. The second-order valence-electron chi connectivity index (χ2n) is 7.95. The number of nitrogens with two attached hydrogens (primary N) is 1. The van der Waals surface area contributed by atoms with Gasteiger partial charge in [0.1, 0.15) is 6.61 Å². The Balaban J connectivity index is 1.58. The number of nitrogens with zero attached hydrogens (tertiary/aromatic N) is 1. The number of nitro benzene ring substituents is 1. The highest BCUT2D eigenvalue weighted by Gasteiger charge is 2.34. The maximum atomic E-state index is 13.1. The lowest BCUT2D eigenvalue weighted by Gasteiger charge is -2.23. The Kier molecular flexibility index (Phi) is 6.19. The normalized spacial score (nSPS) is 14.1. The summed E-state index contributed by atoms with van der Waals surface area (Å²) in [5.74, 6) is -3.05. The van der Waals surface area contributed by atoms with Crippen molar-refractivity contribution in [2.24, 2.45) is 5.73 Å². The first kappa shape index (κ1) is 22.2. The molecule has 0 amide bonds. The first-order valence-corrected chi connectivity index (χ1v) is 10.4. The van der Waals surface area contributed by atoms with Crippen molar-refractivity contribution in [1.29, 1.82) is 0 Å². The zero-order valence-corrected chi connectivity index (χ0v) is 17.6. The minimum absolute atomic E-state index is 0.0656. The van der Waals surface area contributed by atoms with E-state index < -0.39 is 35.2 Å². The lowest BCUT2D eigenvalue weighted by atomic mass is 9.89. The highest BCUT2D eigenvalue weighted by molar-refractivity contribution is 5.82. The quantitative estimate of drug-likeness (QED) is 0.305. The fourth-order valence-corrected chi connectivity index (χ4v) is 4.38. The Morgan fingerprint density at radius 3 is 2.03 bits per heavy atom. The van der Waals surface area contributed by atoms with Gasteiger partial charge in [0, 0.05) is 24.1 Å². The highest BCUT2D eigenvalue weighted by Crippen LogP contribution is 2.44. The van der Waals surface area contributed by atoms with Gasteiger partial charge in [-0.3, -0.25) is 19.7 Å². The first-order valence-electron chi connectivity index (χ1n) is 10.4. The molecule has 1 aliphatic carbocycles. The number of ether oxygens (including phenoxy) is 1. The molecule has 0 fully saturated rings. The molecule has 3 N–H and O–H groups in total. The van der Waals surface area contributed by atoms with Crippen LogP contribution in [0.1, 0.15) is 34.9 Å². The SMILES string of the molecule is N[C@@H](CC(=O)O)[C@H](C(=O)OCC1c2ccccc2-c2ccccc21)c1ccc([N+](=O)[O-])cc1. The fourth-order valence-electron chi connectivity index (χ4n) is 4.38. The van der Waals surface area contributed by atoms with Crippen LogP contribution in [0.2, 0.25) is 0 Å². The monoisotopic (exact) mass is 446 g/mol. The summed E-state index contributed by atoms with van der Waals surface area (Å²) in [5, 5.41) is 20.1. The van der Waals surface area contributed by atoms with Gasteiger partial charge in [0.2, 0.25) is 0 Å². The van der Waals surface area contributed by atoms with Crippen LogP contribution in [0, 0.1) is 10.1 Å². The lowest BCUT2D eigenvalue weighted by molar-refractivity contribution is -0.384. The molecule has 3 aromatic rings. The Bertz CT molecular complexity index is 1160. The second kappa shape index (κ2) is 9.22. The predicted molar refractivity (Wildman–Crippen MR) is 121 cm³/mol. The van der Waals surface area contributed by atoms with Crippen LogP contribution in [-0.4, -0.2) is 34.6 Å². The van der Waals surface area contributed by atoms with Crippen molar-refractivity contribution < 1.29 is 24.4 Å².